The summed E-state index contributed by atoms with van der Waals surface area (Å²) >= 11 is 1.96. The molecular weight excluding hydrogens is 326 g/mol. The Morgan fingerprint density at radius 1 is 1.12 bits per heavy atom. The average molecular weight is 351 g/mol. The molecule has 4 rings (SSSR count). The zero-order valence-electron chi connectivity index (χ0n) is 13.9. The first-order valence-corrected chi connectivity index (χ1v) is 10.2. The zero-order valence-corrected chi connectivity index (χ0v) is 14.7. The Kier molecular flexibility index (Phi) is 4.56. The number of carbonyl (C=O) groups is 1. The van der Waals surface area contributed by atoms with Crippen molar-refractivity contribution in [3.8, 4) is 0 Å². The minimum absolute atomic E-state index is 0.0541. The second-order valence-corrected chi connectivity index (χ2v) is 8.31. The van der Waals surface area contributed by atoms with Crippen molar-refractivity contribution in [1.82, 2.24) is 25.0 Å². The van der Waals surface area contributed by atoms with Crippen molar-refractivity contribution in [1.29, 1.82) is 0 Å². The van der Waals surface area contributed by atoms with Gasteiger partial charge in [-0.05, 0) is 50.0 Å². The summed E-state index contributed by atoms with van der Waals surface area (Å²) in [6.45, 7) is 1.38. The number of likely N-dealkylation sites (tertiary alicyclic amines) is 1. The second kappa shape index (κ2) is 6.82. The first-order chi connectivity index (χ1) is 11.7. The summed E-state index contributed by atoms with van der Waals surface area (Å²) < 4.78 is 1.61. The number of nitrogens with zero attached hydrogens (tertiary/aromatic N) is 3. The lowest BCUT2D eigenvalue weighted by atomic mass is 10.1. The zero-order chi connectivity index (χ0) is 16.5. The fourth-order valence-electron chi connectivity index (χ4n) is 3.56. The van der Waals surface area contributed by atoms with Crippen LogP contribution in [0.25, 0.3) is 0 Å². The number of nitrogens with one attached hydrogen (secondary N) is 2. The molecule has 1 saturated carbocycles. The van der Waals surface area contributed by atoms with E-state index in [9.17, 15) is 9.59 Å². The SMILES string of the molecule is O=C(NC1CCSCC1)N1CCC(n2nc(C3CC3)[nH]c2=O)CC1. The van der Waals surface area contributed by atoms with Crippen molar-refractivity contribution in [2.24, 2.45) is 0 Å². The summed E-state index contributed by atoms with van der Waals surface area (Å²) in [6, 6.07) is 0.487. The molecule has 2 aliphatic heterocycles. The molecule has 3 heterocycles. The molecule has 3 aliphatic rings. The van der Waals surface area contributed by atoms with Gasteiger partial charge in [-0.15, -0.1) is 0 Å². The van der Waals surface area contributed by atoms with E-state index in [1.165, 1.54) is 0 Å². The molecule has 0 unspecified atom stereocenters. The fourth-order valence-corrected chi connectivity index (χ4v) is 4.67. The van der Waals surface area contributed by atoms with Crippen LogP contribution in [-0.4, -0.2) is 56.3 Å². The number of thioether (sulfide) groups is 1. The molecule has 2 saturated heterocycles. The lowest BCUT2D eigenvalue weighted by molar-refractivity contribution is 0.164. The van der Waals surface area contributed by atoms with Gasteiger partial charge in [-0.3, -0.25) is 4.98 Å². The number of aromatic nitrogens is 3. The molecule has 24 heavy (non-hydrogen) atoms. The molecule has 2 amide bonds. The van der Waals surface area contributed by atoms with Crippen LogP contribution >= 0.6 is 11.8 Å². The summed E-state index contributed by atoms with van der Waals surface area (Å²) in [5.74, 6) is 3.57. The number of hydrogen-bond donors (Lipinski definition) is 2. The monoisotopic (exact) mass is 351 g/mol. The van der Waals surface area contributed by atoms with E-state index in [1.54, 1.807) is 4.68 Å². The van der Waals surface area contributed by atoms with E-state index in [2.05, 4.69) is 15.4 Å². The Morgan fingerprint density at radius 3 is 2.50 bits per heavy atom. The summed E-state index contributed by atoms with van der Waals surface area (Å²) in [4.78, 5) is 29.3. The molecule has 7 nitrogen and oxygen atoms in total. The van der Waals surface area contributed by atoms with E-state index < -0.39 is 0 Å². The third-order valence-corrected chi connectivity index (χ3v) is 6.32. The van der Waals surface area contributed by atoms with E-state index in [0.717, 1.165) is 55.9 Å². The van der Waals surface area contributed by atoms with Crippen molar-refractivity contribution in [3.05, 3.63) is 16.3 Å². The minimum atomic E-state index is -0.0977. The van der Waals surface area contributed by atoms with E-state index >= 15 is 0 Å². The smallest absolute Gasteiger partial charge is 0.335 e. The van der Waals surface area contributed by atoms with Gasteiger partial charge in [0, 0.05) is 25.0 Å². The van der Waals surface area contributed by atoms with Gasteiger partial charge in [-0.2, -0.15) is 16.9 Å². The van der Waals surface area contributed by atoms with Crippen molar-refractivity contribution in [3.63, 3.8) is 0 Å². The largest absolute Gasteiger partial charge is 0.343 e. The molecule has 1 aromatic heterocycles. The first-order valence-electron chi connectivity index (χ1n) is 9.02. The van der Waals surface area contributed by atoms with Crippen molar-refractivity contribution in [2.75, 3.05) is 24.6 Å². The third-order valence-electron chi connectivity index (χ3n) is 5.27. The normalized spacial score (nSPS) is 23.4. The van der Waals surface area contributed by atoms with Crippen molar-refractivity contribution in [2.45, 2.75) is 56.5 Å². The van der Waals surface area contributed by atoms with Gasteiger partial charge in [0.25, 0.3) is 0 Å². The maximum absolute atomic E-state index is 12.4. The molecule has 2 N–H and O–H groups in total. The van der Waals surface area contributed by atoms with E-state index in [1.807, 2.05) is 16.7 Å². The topological polar surface area (TPSA) is 83.0 Å². The third kappa shape index (κ3) is 3.48. The summed E-state index contributed by atoms with van der Waals surface area (Å²) in [7, 11) is 0. The number of amides is 2. The van der Waals surface area contributed by atoms with Gasteiger partial charge < -0.3 is 10.2 Å². The highest BCUT2D eigenvalue weighted by atomic mass is 32.2. The van der Waals surface area contributed by atoms with Crippen LogP contribution in [0.1, 0.15) is 56.3 Å². The highest BCUT2D eigenvalue weighted by Crippen LogP contribution is 2.37. The van der Waals surface area contributed by atoms with Gasteiger partial charge >= 0.3 is 11.7 Å². The van der Waals surface area contributed by atoms with Crippen molar-refractivity contribution < 1.29 is 4.79 Å². The number of rotatable bonds is 3. The van der Waals surface area contributed by atoms with Gasteiger partial charge in [-0.25, -0.2) is 14.3 Å². The highest BCUT2D eigenvalue weighted by Gasteiger charge is 2.31. The van der Waals surface area contributed by atoms with Crippen LogP contribution in [-0.2, 0) is 0 Å². The maximum atomic E-state index is 12.4. The molecule has 1 aliphatic carbocycles. The molecule has 0 spiro atoms. The van der Waals surface area contributed by atoms with E-state index in [-0.39, 0.29) is 17.8 Å². The summed E-state index contributed by atoms with van der Waals surface area (Å²) in [5.41, 5.74) is -0.0977. The van der Waals surface area contributed by atoms with Gasteiger partial charge in [0.15, 0.2) is 0 Å². The van der Waals surface area contributed by atoms with E-state index in [4.69, 9.17) is 0 Å². The Labute approximate surface area is 145 Å². The average Bonchev–Trinajstić information content (AvgIpc) is 3.38. The van der Waals surface area contributed by atoms with Crippen LogP contribution in [0.3, 0.4) is 0 Å². The number of urea groups is 1. The Bertz CT molecular complexity index is 639. The van der Waals surface area contributed by atoms with Crippen LogP contribution in [0.5, 0.6) is 0 Å². The van der Waals surface area contributed by atoms with Crippen LogP contribution in [0.2, 0.25) is 0 Å². The number of hydrogen-bond acceptors (Lipinski definition) is 4. The second-order valence-electron chi connectivity index (χ2n) is 7.09. The fraction of sp³-hybridized carbons (Fsp3) is 0.812. The molecule has 1 aromatic rings. The Morgan fingerprint density at radius 2 is 1.83 bits per heavy atom. The van der Waals surface area contributed by atoms with Crippen LogP contribution in [0.4, 0.5) is 4.79 Å². The number of H-pyrrole nitrogens is 1. The Hall–Kier alpha value is -1.44. The van der Waals surface area contributed by atoms with Crippen LogP contribution < -0.4 is 11.0 Å². The van der Waals surface area contributed by atoms with Crippen LogP contribution in [0, 0.1) is 0 Å². The van der Waals surface area contributed by atoms with Crippen LogP contribution in [0.15, 0.2) is 4.79 Å². The number of aromatic amines is 1. The van der Waals surface area contributed by atoms with Gasteiger partial charge in [0.1, 0.15) is 5.82 Å². The van der Waals surface area contributed by atoms with Gasteiger partial charge in [0.2, 0.25) is 0 Å². The molecule has 8 heteroatoms. The summed E-state index contributed by atoms with van der Waals surface area (Å²) in [5, 5.41) is 7.65. The van der Waals surface area contributed by atoms with Gasteiger partial charge in [-0.1, -0.05) is 0 Å². The van der Waals surface area contributed by atoms with E-state index in [0.29, 0.717) is 25.0 Å². The quantitative estimate of drug-likeness (QED) is 0.868. The standard InChI is InChI=1S/C16H25N5O2S/c22-15(17-12-5-9-24-10-6-12)20-7-3-13(4-8-20)21-16(23)18-14(19-21)11-1-2-11/h11-13H,1-10H2,(H,17,22)(H,18,19,23). The lowest BCUT2D eigenvalue weighted by Gasteiger charge is -2.33. The molecule has 0 radical (unpaired) electrons. The molecule has 0 aromatic carbocycles. The predicted octanol–water partition coefficient (Wildman–Crippen LogP) is 1.69. The number of carbonyl (C=O) groups excluding carboxylic acids is 1. The molecule has 0 bridgehead atoms. The molecule has 0 atom stereocenters. The maximum Gasteiger partial charge on any atom is 0.343 e. The number of piperidine rings is 1. The van der Waals surface area contributed by atoms with Gasteiger partial charge in [0.05, 0.1) is 6.04 Å². The lowest BCUT2D eigenvalue weighted by Crippen LogP contribution is -2.49. The highest BCUT2D eigenvalue weighted by molar-refractivity contribution is 7.99. The predicted molar refractivity (Wildman–Crippen MR) is 93.5 cm³/mol. The van der Waals surface area contributed by atoms with Crippen molar-refractivity contribution >= 4 is 17.8 Å². The summed E-state index contributed by atoms with van der Waals surface area (Å²) in [6.07, 6.45) is 5.99. The molecule has 3 fully saturated rings. The first kappa shape index (κ1) is 16.1. The molecule has 132 valence electrons. The molecular formula is C16H25N5O2S. The Balaban J connectivity index is 1.31. The minimum Gasteiger partial charge on any atom is -0.335 e.